The van der Waals surface area contributed by atoms with Crippen molar-refractivity contribution in [1.29, 1.82) is 0 Å². The molecule has 1 aromatic heterocycles. The van der Waals surface area contributed by atoms with Crippen LogP contribution >= 0.6 is 15.9 Å². The van der Waals surface area contributed by atoms with Crippen LogP contribution in [0.2, 0.25) is 0 Å². The topological polar surface area (TPSA) is 50.2 Å². The van der Waals surface area contributed by atoms with Gasteiger partial charge in [0.2, 0.25) is 0 Å². The molecule has 5 nitrogen and oxygen atoms in total. The van der Waals surface area contributed by atoms with Crippen molar-refractivity contribution in [3.8, 4) is 0 Å². The summed E-state index contributed by atoms with van der Waals surface area (Å²) in [5.74, 6) is 0.507. The van der Waals surface area contributed by atoms with Gasteiger partial charge in [-0.3, -0.25) is 4.79 Å². The van der Waals surface area contributed by atoms with Crippen LogP contribution < -0.4 is 10.2 Å². The lowest BCUT2D eigenvalue weighted by molar-refractivity contribution is 0.102. The van der Waals surface area contributed by atoms with Gasteiger partial charge >= 0.3 is 0 Å². The summed E-state index contributed by atoms with van der Waals surface area (Å²) in [6.45, 7) is 0.592. The third-order valence-corrected chi connectivity index (χ3v) is 4.32. The molecule has 25 heavy (non-hydrogen) atoms. The quantitative estimate of drug-likeness (QED) is 0.705. The van der Waals surface area contributed by atoms with Gasteiger partial charge in [-0.15, -0.1) is 0 Å². The second-order valence-electron chi connectivity index (χ2n) is 5.90. The highest BCUT2D eigenvalue weighted by Crippen LogP contribution is 2.17. The van der Waals surface area contributed by atoms with E-state index in [4.69, 9.17) is 0 Å². The Kier molecular flexibility index (Phi) is 5.19. The van der Waals surface area contributed by atoms with Crippen molar-refractivity contribution in [2.24, 2.45) is 0 Å². The molecule has 6 heteroatoms. The van der Waals surface area contributed by atoms with E-state index in [1.807, 2.05) is 26.2 Å². The number of rotatable bonds is 5. The average molecular weight is 399 g/mol. The van der Waals surface area contributed by atoms with Crippen molar-refractivity contribution in [3.63, 3.8) is 0 Å². The maximum Gasteiger partial charge on any atom is 0.256 e. The number of anilines is 2. The Morgan fingerprint density at radius 2 is 1.92 bits per heavy atom. The molecule has 0 aliphatic rings. The van der Waals surface area contributed by atoms with E-state index in [1.54, 1.807) is 29.1 Å². The van der Waals surface area contributed by atoms with Crippen molar-refractivity contribution in [2.75, 3.05) is 24.3 Å². The molecule has 0 radical (unpaired) electrons. The largest absolute Gasteiger partial charge is 0.378 e. The first-order valence-electron chi connectivity index (χ1n) is 7.88. The third-order valence-electron chi connectivity index (χ3n) is 3.83. The predicted octanol–water partition coefficient (Wildman–Crippen LogP) is 4.01. The van der Waals surface area contributed by atoms with E-state index in [9.17, 15) is 4.79 Å². The molecule has 0 saturated heterocycles. The van der Waals surface area contributed by atoms with E-state index < -0.39 is 0 Å². The smallest absolute Gasteiger partial charge is 0.256 e. The van der Waals surface area contributed by atoms with Crippen LogP contribution in [-0.2, 0) is 6.54 Å². The lowest BCUT2D eigenvalue weighted by Crippen LogP contribution is -2.16. The number of hydrogen-bond donors (Lipinski definition) is 1. The average Bonchev–Trinajstić information content (AvgIpc) is 3.02. The Morgan fingerprint density at radius 3 is 2.60 bits per heavy atom. The van der Waals surface area contributed by atoms with Gasteiger partial charge in [-0.2, -0.15) is 5.10 Å². The van der Waals surface area contributed by atoms with E-state index in [1.165, 1.54) is 0 Å². The van der Waals surface area contributed by atoms with Gasteiger partial charge in [0.05, 0.1) is 12.7 Å². The Hall–Kier alpha value is -2.60. The zero-order chi connectivity index (χ0) is 17.8. The molecule has 0 atom stereocenters. The second-order valence-corrected chi connectivity index (χ2v) is 6.82. The normalized spacial score (nSPS) is 10.5. The van der Waals surface area contributed by atoms with Crippen molar-refractivity contribution in [2.45, 2.75) is 6.54 Å². The van der Waals surface area contributed by atoms with E-state index in [0.29, 0.717) is 17.9 Å². The first-order chi connectivity index (χ1) is 12.0. The first kappa shape index (κ1) is 17.2. The van der Waals surface area contributed by atoms with Gasteiger partial charge in [0.1, 0.15) is 5.82 Å². The van der Waals surface area contributed by atoms with Crippen LogP contribution in [-0.4, -0.2) is 29.8 Å². The molecule has 0 aliphatic heterocycles. The van der Waals surface area contributed by atoms with Gasteiger partial charge in [0.15, 0.2) is 0 Å². The fraction of sp³-hybridized carbons (Fsp3) is 0.158. The highest BCUT2D eigenvalue weighted by molar-refractivity contribution is 9.10. The Balaban J connectivity index is 1.73. The molecule has 0 saturated carbocycles. The maximum absolute atomic E-state index is 12.4. The third kappa shape index (κ3) is 4.28. The number of halogens is 1. The molecule has 1 amide bonds. The van der Waals surface area contributed by atoms with Gasteiger partial charge in [0, 0.05) is 35.9 Å². The summed E-state index contributed by atoms with van der Waals surface area (Å²) in [6.07, 6.45) is 1.69. The van der Waals surface area contributed by atoms with Crippen LogP contribution in [0, 0.1) is 0 Å². The minimum atomic E-state index is -0.161. The predicted molar refractivity (Wildman–Crippen MR) is 104 cm³/mol. The van der Waals surface area contributed by atoms with Crippen LogP contribution in [0.4, 0.5) is 11.5 Å². The summed E-state index contributed by atoms with van der Waals surface area (Å²) in [4.78, 5) is 14.5. The van der Waals surface area contributed by atoms with Crippen molar-refractivity contribution in [3.05, 3.63) is 76.4 Å². The van der Waals surface area contributed by atoms with E-state index in [0.717, 1.165) is 15.7 Å². The van der Waals surface area contributed by atoms with Crippen LogP contribution in [0.25, 0.3) is 0 Å². The lowest BCUT2D eigenvalue weighted by Gasteiger charge is -2.13. The summed E-state index contributed by atoms with van der Waals surface area (Å²) >= 11 is 3.38. The molecule has 2 aromatic carbocycles. The summed E-state index contributed by atoms with van der Waals surface area (Å²) in [7, 11) is 4.02. The van der Waals surface area contributed by atoms with Crippen LogP contribution in [0.5, 0.6) is 0 Å². The summed E-state index contributed by atoms with van der Waals surface area (Å²) in [6, 6.07) is 17.4. The number of hydrogen-bond acceptors (Lipinski definition) is 3. The molecule has 0 fully saturated rings. The van der Waals surface area contributed by atoms with Crippen LogP contribution in [0.1, 0.15) is 15.9 Å². The van der Waals surface area contributed by atoms with Gasteiger partial charge in [-0.1, -0.05) is 34.1 Å². The first-order valence-corrected chi connectivity index (χ1v) is 8.67. The molecule has 128 valence electrons. The van der Waals surface area contributed by atoms with Gasteiger partial charge in [-0.25, -0.2) is 4.68 Å². The maximum atomic E-state index is 12.4. The van der Waals surface area contributed by atoms with Gasteiger partial charge < -0.3 is 10.2 Å². The summed E-state index contributed by atoms with van der Waals surface area (Å²) in [5, 5.41) is 7.23. The summed E-state index contributed by atoms with van der Waals surface area (Å²) < 4.78 is 2.65. The molecular weight excluding hydrogens is 380 g/mol. The highest BCUT2D eigenvalue weighted by atomic mass is 79.9. The van der Waals surface area contributed by atoms with Gasteiger partial charge in [0.25, 0.3) is 5.91 Å². The Bertz CT molecular complexity index is 871. The fourth-order valence-corrected chi connectivity index (χ4v) is 2.85. The molecule has 0 aliphatic carbocycles. The lowest BCUT2D eigenvalue weighted by atomic mass is 10.2. The summed E-state index contributed by atoms with van der Waals surface area (Å²) in [5.41, 5.74) is 2.86. The fourth-order valence-electron chi connectivity index (χ4n) is 2.46. The van der Waals surface area contributed by atoms with Crippen LogP contribution in [0.3, 0.4) is 0 Å². The standard InChI is InChI=1S/C19H19BrN4O/c1-23(2)17-8-6-14(7-9-17)13-24-18(10-11-21-24)22-19(25)15-4-3-5-16(20)12-15/h3-12H,13H2,1-2H3,(H,22,25). The van der Waals surface area contributed by atoms with E-state index >= 15 is 0 Å². The zero-order valence-electron chi connectivity index (χ0n) is 14.1. The van der Waals surface area contributed by atoms with Crippen LogP contribution in [0.15, 0.2) is 65.3 Å². The monoisotopic (exact) mass is 398 g/mol. The molecule has 3 aromatic rings. The van der Waals surface area contributed by atoms with Crippen molar-refractivity contribution in [1.82, 2.24) is 9.78 Å². The number of nitrogens with one attached hydrogen (secondary N) is 1. The molecule has 0 bridgehead atoms. The number of aromatic nitrogens is 2. The molecule has 0 spiro atoms. The van der Waals surface area contributed by atoms with E-state index in [-0.39, 0.29) is 5.91 Å². The molecule has 1 N–H and O–H groups in total. The Morgan fingerprint density at radius 1 is 1.16 bits per heavy atom. The molecule has 0 unspecified atom stereocenters. The zero-order valence-corrected chi connectivity index (χ0v) is 15.7. The van der Waals surface area contributed by atoms with Crippen molar-refractivity contribution < 1.29 is 4.79 Å². The van der Waals surface area contributed by atoms with E-state index in [2.05, 4.69) is 55.5 Å². The number of nitrogens with zero attached hydrogens (tertiary/aromatic N) is 3. The number of carbonyl (C=O) groups is 1. The van der Waals surface area contributed by atoms with Gasteiger partial charge in [-0.05, 0) is 35.9 Å². The SMILES string of the molecule is CN(C)c1ccc(Cn2nccc2NC(=O)c2cccc(Br)c2)cc1. The number of benzene rings is 2. The number of amides is 1. The molecule has 3 rings (SSSR count). The molecule has 1 heterocycles. The Labute approximate surface area is 155 Å². The highest BCUT2D eigenvalue weighted by Gasteiger charge is 2.10. The minimum absolute atomic E-state index is 0.161. The minimum Gasteiger partial charge on any atom is -0.378 e. The second kappa shape index (κ2) is 7.53. The molecular formula is C19H19BrN4O. The number of carbonyl (C=O) groups excluding carboxylic acids is 1. The van der Waals surface area contributed by atoms with Crippen molar-refractivity contribution >= 4 is 33.3 Å².